The molecule has 0 bridgehead atoms. The fourth-order valence-electron chi connectivity index (χ4n) is 3.49. The molecule has 1 saturated carbocycles. The Morgan fingerprint density at radius 1 is 1.00 bits per heavy atom. The number of pyridine rings is 1. The van der Waals surface area contributed by atoms with Crippen molar-refractivity contribution in [2.45, 2.75) is 58.0 Å². The van der Waals surface area contributed by atoms with Crippen molar-refractivity contribution in [3.63, 3.8) is 0 Å². The Bertz CT molecular complexity index is 796. The molecule has 142 valence electrons. The maximum absolute atomic E-state index is 12.5. The molecule has 2 aromatic rings. The van der Waals surface area contributed by atoms with E-state index in [2.05, 4.69) is 15.6 Å². The van der Waals surface area contributed by atoms with Gasteiger partial charge in [0.15, 0.2) is 0 Å². The Morgan fingerprint density at radius 3 is 2.41 bits per heavy atom. The van der Waals surface area contributed by atoms with Crippen molar-refractivity contribution in [3.8, 4) is 0 Å². The van der Waals surface area contributed by atoms with Gasteiger partial charge in [-0.3, -0.25) is 14.6 Å². The van der Waals surface area contributed by atoms with Crippen molar-refractivity contribution in [3.05, 3.63) is 65.0 Å². The lowest BCUT2D eigenvalue weighted by Crippen LogP contribution is -2.34. The summed E-state index contributed by atoms with van der Waals surface area (Å²) in [5.41, 5.74) is 3.03. The predicted molar refractivity (Wildman–Crippen MR) is 106 cm³/mol. The Morgan fingerprint density at radius 2 is 1.70 bits per heavy atom. The van der Waals surface area contributed by atoms with Crippen molar-refractivity contribution < 1.29 is 9.59 Å². The summed E-state index contributed by atoms with van der Waals surface area (Å²) in [6.07, 6.45) is 9.85. The van der Waals surface area contributed by atoms with Gasteiger partial charge < -0.3 is 10.6 Å². The van der Waals surface area contributed by atoms with Crippen molar-refractivity contribution in [1.29, 1.82) is 0 Å². The normalized spacial score (nSPS) is 15.0. The molecular formula is C22H27N3O2. The van der Waals surface area contributed by atoms with E-state index in [1.807, 2.05) is 31.2 Å². The van der Waals surface area contributed by atoms with Crippen LogP contribution in [0.2, 0.25) is 0 Å². The zero-order chi connectivity index (χ0) is 19.1. The Balaban J connectivity index is 1.60. The number of hydrogen-bond donors (Lipinski definition) is 2. The fourth-order valence-corrected chi connectivity index (χ4v) is 3.49. The maximum atomic E-state index is 12.5. The highest BCUT2D eigenvalue weighted by Gasteiger charge is 2.17. The highest BCUT2D eigenvalue weighted by atomic mass is 16.2. The van der Waals surface area contributed by atoms with Crippen LogP contribution >= 0.6 is 0 Å². The number of aromatic nitrogens is 1. The van der Waals surface area contributed by atoms with Gasteiger partial charge in [-0.05, 0) is 31.4 Å². The van der Waals surface area contributed by atoms with Crippen molar-refractivity contribution in [2.75, 3.05) is 0 Å². The van der Waals surface area contributed by atoms with Crippen LogP contribution in [0.25, 0.3) is 0 Å². The van der Waals surface area contributed by atoms with Gasteiger partial charge in [0.1, 0.15) is 0 Å². The van der Waals surface area contributed by atoms with Crippen molar-refractivity contribution in [2.24, 2.45) is 0 Å². The molecule has 1 heterocycles. The summed E-state index contributed by atoms with van der Waals surface area (Å²) in [6.45, 7) is 2.46. The molecule has 27 heavy (non-hydrogen) atoms. The second kappa shape index (κ2) is 9.31. The largest absolute Gasteiger partial charge is 0.349 e. The summed E-state index contributed by atoms with van der Waals surface area (Å²) in [6, 6.07) is 9.84. The van der Waals surface area contributed by atoms with Crippen LogP contribution in [0.4, 0.5) is 0 Å². The monoisotopic (exact) mass is 365 g/mol. The molecule has 0 unspecified atom stereocenters. The highest BCUT2D eigenvalue weighted by Crippen LogP contribution is 2.17. The number of rotatable bonds is 5. The average Bonchev–Trinajstić information content (AvgIpc) is 2.95. The number of nitrogens with zero attached hydrogens (tertiary/aromatic N) is 1. The fraction of sp³-hybridized carbons (Fsp3) is 0.409. The van der Waals surface area contributed by atoms with Crippen LogP contribution in [-0.4, -0.2) is 22.8 Å². The number of hydrogen-bond acceptors (Lipinski definition) is 3. The molecule has 0 saturated heterocycles. The number of carbonyl (C=O) groups is 2. The van der Waals surface area contributed by atoms with Crippen LogP contribution < -0.4 is 10.6 Å². The lowest BCUT2D eigenvalue weighted by molar-refractivity contribution is 0.0933. The van der Waals surface area contributed by atoms with Crippen LogP contribution in [0.15, 0.2) is 42.7 Å². The van der Waals surface area contributed by atoms with Crippen LogP contribution in [0.3, 0.4) is 0 Å². The second-order valence-corrected chi connectivity index (χ2v) is 7.30. The van der Waals surface area contributed by atoms with Gasteiger partial charge in [0.2, 0.25) is 0 Å². The molecule has 1 fully saturated rings. The number of aryl methyl sites for hydroxylation is 1. The third-order valence-electron chi connectivity index (χ3n) is 4.99. The van der Waals surface area contributed by atoms with Gasteiger partial charge >= 0.3 is 0 Å². The van der Waals surface area contributed by atoms with Crippen LogP contribution in [0.5, 0.6) is 0 Å². The summed E-state index contributed by atoms with van der Waals surface area (Å²) >= 11 is 0. The summed E-state index contributed by atoms with van der Waals surface area (Å²) in [4.78, 5) is 29.1. The molecular weight excluding hydrogens is 338 g/mol. The van der Waals surface area contributed by atoms with Gasteiger partial charge in [-0.1, -0.05) is 55.5 Å². The lowest BCUT2D eigenvalue weighted by Gasteiger charge is -2.16. The number of carbonyl (C=O) groups excluding carboxylic acids is 2. The van der Waals surface area contributed by atoms with Gasteiger partial charge in [0, 0.05) is 25.0 Å². The van der Waals surface area contributed by atoms with E-state index in [9.17, 15) is 9.59 Å². The Labute approximate surface area is 160 Å². The predicted octanol–water partition coefficient (Wildman–Crippen LogP) is 3.77. The summed E-state index contributed by atoms with van der Waals surface area (Å²) < 4.78 is 0. The molecule has 1 aromatic carbocycles. The summed E-state index contributed by atoms with van der Waals surface area (Å²) in [5.74, 6) is -0.379. The van der Waals surface area contributed by atoms with E-state index in [0.29, 0.717) is 17.7 Å². The van der Waals surface area contributed by atoms with Gasteiger partial charge in [-0.15, -0.1) is 0 Å². The molecule has 3 rings (SSSR count). The number of benzene rings is 1. The molecule has 5 heteroatoms. The third kappa shape index (κ3) is 5.64. The topological polar surface area (TPSA) is 71.1 Å². The molecule has 1 aliphatic carbocycles. The van der Waals surface area contributed by atoms with E-state index < -0.39 is 0 Å². The number of nitrogens with one attached hydrogen (secondary N) is 2. The third-order valence-corrected chi connectivity index (χ3v) is 4.99. The highest BCUT2D eigenvalue weighted by molar-refractivity contribution is 5.99. The van der Waals surface area contributed by atoms with E-state index >= 15 is 0 Å². The summed E-state index contributed by atoms with van der Waals surface area (Å²) in [7, 11) is 0. The maximum Gasteiger partial charge on any atom is 0.253 e. The number of amides is 2. The first-order chi connectivity index (χ1) is 13.1. The average molecular weight is 365 g/mol. The zero-order valence-corrected chi connectivity index (χ0v) is 15.8. The van der Waals surface area contributed by atoms with Gasteiger partial charge in [0.05, 0.1) is 11.1 Å². The van der Waals surface area contributed by atoms with Gasteiger partial charge in [-0.2, -0.15) is 0 Å². The molecule has 2 amide bonds. The smallest absolute Gasteiger partial charge is 0.253 e. The molecule has 1 aromatic heterocycles. The molecule has 0 atom stereocenters. The van der Waals surface area contributed by atoms with E-state index in [-0.39, 0.29) is 17.9 Å². The minimum absolute atomic E-state index is 0.150. The quantitative estimate of drug-likeness (QED) is 0.792. The van der Waals surface area contributed by atoms with Crippen LogP contribution in [-0.2, 0) is 6.54 Å². The molecule has 1 aliphatic rings. The molecule has 0 spiro atoms. The second-order valence-electron chi connectivity index (χ2n) is 7.30. The SMILES string of the molecule is Cc1cccc(CNC(=O)c2cncc(C(=O)NC3CCCCCC3)c2)c1. The molecule has 0 aliphatic heterocycles. The molecule has 0 radical (unpaired) electrons. The Kier molecular flexibility index (Phi) is 6.58. The van der Waals surface area contributed by atoms with Crippen LogP contribution in [0, 0.1) is 6.92 Å². The van der Waals surface area contributed by atoms with E-state index in [4.69, 9.17) is 0 Å². The first kappa shape index (κ1) is 19.1. The summed E-state index contributed by atoms with van der Waals surface area (Å²) in [5, 5.41) is 5.98. The molecule has 2 N–H and O–H groups in total. The van der Waals surface area contributed by atoms with E-state index in [1.54, 1.807) is 6.07 Å². The van der Waals surface area contributed by atoms with Crippen LogP contribution in [0.1, 0.15) is 70.4 Å². The van der Waals surface area contributed by atoms with Crippen molar-refractivity contribution in [1.82, 2.24) is 15.6 Å². The Hall–Kier alpha value is -2.69. The zero-order valence-electron chi connectivity index (χ0n) is 15.8. The van der Waals surface area contributed by atoms with E-state index in [1.165, 1.54) is 25.2 Å². The first-order valence-corrected chi connectivity index (χ1v) is 9.71. The lowest BCUT2D eigenvalue weighted by atomic mass is 10.1. The van der Waals surface area contributed by atoms with E-state index in [0.717, 1.165) is 36.8 Å². The minimum atomic E-state index is -0.229. The molecule has 5 nitrogen and oxygen atoms in total. The van der Waals surface area contributed by atoms with Gasteiger partial charge in [-0.25, -0.2) is 0 Å². The minimum Gasteiger partial charge on any atom is -0.349 e. The standard InChI is InChI=1S/C22H27N3O2/c1-16-7-6-8-17(11-16)13-24-21(26)18-12-19(15-23-14-18)22(27)25-20-9-4-2-3-5-10-20/h6-8,11-12,14-15,20H,2-5,9-10,13H2,1H3,(H,24,26)(H,25,27). The first-order valence-electron chi connectivity index (χ1n) is 9.71. The van der Waals surface area contributed by atoms with Gasteiger partial charge in [0.25, 0.3) is 11.8 Å². The van der Waals surface area contributed by atoms with Crippen molar-refractivity contribution >= 4 is 11.8 Å².